The number of likely N-dealkylation sites (tertiary alicyclic amines) is 1. The number of aliphatic hydroxyl groups excluding tert-OH is 1. The monoisotopic (exact) mass is 338 g/mol. The van der Waals surface area contributed by atoms with E-state index in [1.54, 1.807) is 0 Å². The van der Waals surface area contributed by atoms with Crippen LogP contribution in [0.3, 0.4) is 0 Å². The molecule has 7 heteroatoms. The molecule has 136 valence electrons. The van der Waals surface area contributed by atoms with Gasteiger partial charge in [-0.1, -0.05) is 0 Å². The third-order valence-electron chi connectivity index (χ3n) is 4.93. The lowest BCUT2D eigenvalue weighted by Crippen LogP contribution is -2.40. The van der Waals surface area contributed by atoms with Crippen molar-refractivity contribution in [3.8, 4) is 0 Å². The van der Waals surface area contributed by atoms with Crippen molar-refractivity contribution in [1.29, 1.82) is 0 Å². The van der Waals surface area contributed by atoms with E-state index in [4.69, 9.17) is 9.47 Å². The Morgan fingerprint density at radius 3 is 2.92 bits per heavy atom. The Kier molecular flexibility index (Phi) is 6.21. The number of aryl methyl sites for hydroxylation is 2. The number of hydrogen-bond acceptors (Lipinski definition) is 6. The second-order valence-electron chi connectivity index (χ2n) is 7.01. The van der Waals surface area contributed by atoms with Crippen LogP contribution in [-0.4, -0.2) is 75.9 Å². The molecule has 3 heterocycles. The molecule has 1 aromatic rings. The minimum atomic E-state index is -0.453. The zero-order chi connectivity index (χ0) is 16.9. The van der Waals surface area contributed by atoms with Gasteiger partial charge in [0.1, 0.15) is 11.6 Å². The number of β-amino-alcohol motifs (C(OH)–C–C–N with tert-alkyl or cyclic N) is 1. The average molecular weight is 338 g/mol. The molecule has 2 aliphatic heterocycles. The molecule has 1 aromatic heterocycles. The molecule has 0 amide bonds. The van der Waals surface area contributed by atoms with Gasteiger partial charge in [-0.25, -0.2) is 9.67 Å². The molecule has 0 aromatic carbocycles. The summed E-state index contributed by atoms with van der Waals surface area (Å²) in [5, 5.41) is 14.7. The molecule has 7 nitrogen and oxygen atoms in total. The highest BCUT2D eigenvalue weighted by atomic mass is 16.5. The predicted molar refractivity (Wildman–Crippen MR) is 89.9 cm³/mol. The largest absolute Gasteiger partial charge is 0.389 e. The van der Waals surface area contributed by atoms with Crippen LogP contribution in [0, 0.1) is 13.8 Å². The van der Waals surface area contributed by atoms with Crippen molar-refractivity contribution in [3.63, 3.8) is 0 Å². The van der Waals surface area contributed by atoms with Gasteiger partial charge in [-0.05, 0) is 46.1 Å². The van der Waals surface area contributed by atoms with E-state index in [-0.39, 0.29) is 6.10 Å². The van der Waals surface area contributed by atoms with Gasteiger partial charge in [0.15, 0.2) is 0 Å². The van der Waals surface area contributed by atoms with Crippen LogP contribution in [0.5, 0.6) is 0 Å². The fourth-order valence-corrected chi connectivity index (χ4v) is 3.71. The fourth-order valence-electron chi connectivity index (χ4n) is 3.71. The number of nitrogens with zero attached hydrogens (tertiary/aromatic N) is 4. The summed E-state index contributed by atoms with van der Waals surface area (Å²) in [5.74, 6) is 1.78. The van der Waals surface area contributed by atoms with Gasteiger partial charge in [-0.15, -0.1) is 0 Å². The van der Waals surface area contributed by atoms with Gasteiger partial charge in [0.2, 0.25) is 0 Å². The first kappa shape index (κ1) is 17.8. The summed E-state index contributed by atoms with van der Waals surface area (Å²) in [7, 11) is 0. The maximum Gasteiger partial charge on any atom is 0.147 e. The first-order valence-corrected chi connectivity index (χ1v) is 9.11. The summed E-state index contributed by atoms with van der Waals surface area (Å²) in [4.78, 5) is 6.73. The Morgan fingerprint density at radius 2 is 2.21 bits per heavy atom. The molecule has 2 fully saturated rings. The lowest BCUT2D eigenvalue weighted by Gasteiger charge is -2.27. The summed E-state index contributed by atoms with van der Waals surface area (Å²) in [5.41, 5.74) is 0. The molecule has 3 atom stereocenters. The summed E-state index contributed by atoms with van der Waals surface area (Å²) in [6.07, 6.45) is 4.26. The molecular weight excluding hydrogens is 308 g/mol. The smallest absolute Gasteiger partial charge is 0.147 e. The molecule has 0 unspecified atom stereocenters. The maximum atomic E-state index is 10.3. The standard InChI is InChI=1S/C17H30N4O3/c1-13-18-14(2)21(19-13)9-15-5-3-7-20(15)10-16(22)11-23-12-17-6-4-8-24-17/h15-17,22H,3-12H2,1-2H3/t15-,16-,17-/m0/s1. The summed E-state index contributed by atoms with van der Waals surface area (Å²) in [6, 6.07) is 0.414. The maximum absolute atomic E-state index is 10.3. The third kappa shape index (κ3) is 4.75. The van der Waals surface area contributed by atoms with E-state index in [0.29, 0.717) is 25.8 Å². The number of aromatic nitrogens is 3. The Bertz CT molecular complexity index is 516. The van der Waals surface area contributed by atoms with Gasteiger partial charge in [0, 0.05) is 19.2 Å². The minimum Gasteiger partial charge on any atom is -0.389 e. The van der Waals surface area contributed by atoms with Gasteiger partial charge >= 0.3 is 0 Å². The van der Waals surface area contributed by atoms with Crippen LogP contribution in [0.2, 0.25) is 0 Å². The normalized spacial score (nSPS) is 26.3. The zero-order valence-corrected chi connectivity index (χ0v) is 14.9. The Balaban J connectivity index is 1.42. The SMILES string of the molecule is Cc1nc(C)n(C[C@@H]2CCCN2C[C@H](O)COC[C@@H]2CCCO2)n1. The molecule has 0 aliphatic carbocycles. The van der Waals surface area contributed by atoms with Gasteiger partial charge in [-0.2, -0.15) is 5.10 Å². The van der Waals surface area contributed by atoms with E-state index in [1.165, 1.54) is 6.42 Å². The zero-order valence-electron chi connectivity index (χ0n) is 14.9. The first-order valence-electron chi connectivity index (χ1n) is 9.11. The molecule has 1 N–H and O–H groups in total. The highest BCUT2D eigenvalue weighted by Gasteiger charge is 2.27. The van der Waals surface area contributed by atoms with Crippen LogP contribution < -0.4 is 0 Å². The van der Waals surface area contributed by atoms with Gasteiger partial charge < -0.3 is 14.6 Å². The van der Waals surface area contributed by atoms with Crippen molar-refractivity contribution in [2.45, 2.75) is 64.3 Å². The molecule has 2 saturated heterocycles. The Labute approximate surface area is 144 Å². The average Bonchev–Trinajstić information content (AvgIpc) is 3.24. The summed E-state index contributed by atoms with van der Waals surface area (Å²) in [6.45, 7) is 8.26. The molecular formula is C17H30N4O3. The van der Waals surface area contributed by atoms with E-state index >= 15 is 0 Å². The van der Waals surface area contributed by atoms with Gasteiger partial charge in [0.25, 0.3) is 0 Å². The first-order chi connectivity index (χ1) is 11.6. The molecule has 3 rings (SSSR count). The number of hydrogen-bond donors (Lipinski definition) is 1. The summed E-state index contributed by atoms with van der Waals surface area (Å²) >= 11 is 0. The Hall–Kier alpha value is -1.02. The molecule has 0 bridgehead atoms. The second kappa shape index (κ2) is 8.38. The van der Waals surface area contributed by atoms with E-state index in [0.717, 1.165) is 50.6 Å². The van der Waals surface area contributed by atoms with Crippen molar-refractivity contribution in [2.24, 2.45) is 0 Å². The summed E-state index contributed by atoms with van der Waals surface area (Å²) < 4.78 is 13.2. The topological polar surface area (TPSA) is 72.6 Å². The number of ether oxygens (including phenoxy) is 2. The second-order valence-corrected chi connectivity index (χ2v) is 7.01. The Morgan fingerprint density at radius 1 is 1.33 bits per heavy atom. The van der Waals surface area contributed by atoms with Crippen molar-refractivity contribution in [3.05, 3.63) is 11.6 Å². The van der Waals surface area contributed by atoms with Crippen LogP contribution in [0.4, 0.5) is 0 Å². The highest BCUT2D eigenvalue weighted by molar-refractivity contribution is 4.90. The molecule has 0 radical (unpaired) electrons. The van der Waals surface area contributed by atoms with Crippen LogP contribution in [0.15, 0.2) is 0 Å². The highest BCUT2D eigenvalue weighted by Crippen LogP contribution is 2.19. The minimum absolute atomic E-state index is 0.218. The number of rotatable bonds is 8. The van der Waals surface area contributed by atoms with E-state index < -0.39 is 6.10 Å². The van der Waals surface area contributed by atoms with Crippen LogP contribution in [0.1, 0.15) is 37.3 Å². The van der Waals surface area contributed by atoms with Crippen molar-refractivity contribution in [1.82, 2.24) is 19.7 Å². The van der Waals surface area contributed by atoms with Gasteiger partial charge in [-0.3, -0.25) is 4.90 Å². The third-order valence-corrected chi connectivity index (χ3v) is 4.93. The van der Waals surface area contributed by atoms with E-state index in [1.807, 2.05) is 18.5 Å². The van der Waals surface area contributed by atoms with Gasteiger partial charge in [0.05, 0.1) is 32.0 Å². The van der Waals surface area contributed by atoms with Crippen molar-refractivity contribution in [2.75, 3.05) is 32.9 Å². The van der Waals surface area contributed by atoms with Crippen molar-refractivity contribution < 1.29 is 14.6 Å². The lowest BCUT2D eigenvalue weighted by molar-refractivity contribution is -0.0266. The van der Waals surface area contributed by atoms with Crippen molar-refractivity contribution >= 4 is 0 Å². The molecule has 24 heavy (non-hydrogen) atoms. The van der Waals surface area contributed by atoms with E-state index in [2.05, 4.69) is 15.0 Å². The lowest BCUT2D eigenvalue weighted by atomic mass is 10.2. The molecule has 0 spiro atoms. The van der Waals surface area contributed by atoms with Crippen LogP contribution in [0.25, 0.3) is 0 Å². The van der Waals surface area contributed by atoms with Crippen LogP contribution >= 0.6 is 0 Å². The quantitative estimate of drug-likeness (QED) is 0.760. The molecule has 2 aliphatic rings. The molecule has 0 saturated carbocycles. The van der Waals surface area contributed by atoms with Crippen LogP contribution in [-0.2, 0) is 16.0 Å². The van der Waals surface area contributed by atoms with E-state index in [9.17, 15) is 5.11 Å². The number of aliphatic hydroxyl groups is 1. The predicted octanol–water partition coefficient (Wildman–Crippen LogP) is 0.916. The fraction of sp³-hybridized carbons (Fsp3) is 0.882.